The van der Waals surface area contributed by atoms with Crippen LogP contribution in [0.4, 0.5) is 11.4 Å². The average Bonchev–Trinajstić information content (AvgIpc) is 3.24. The van der Waals surface area contributed by atoms with Crippen LogP contribution in [-0.4, -0.2) is 51.8 Å². The van der Waals surface area contributed by atoms with E-state index >= 15 is 0 Å². The molecule has 3 aromatic rings. The lowest BCUT2D eigenvalue weighted by Crippen LogP contribution is -2.23. The molecule has 1 amide bonds. The highest BCUT2D eigenvalue weighted by Gasteiger charge is 2.19. The van der Waals surface area contributed by atoms with Crippen molar-refractivity contribution in [1.82, 2.24) is 20.2 Å². The Morgan fingerprint density at radius 3 is 2.34 bits per heavy atom. The van der Waals surface area contributed by atoms with Crippen LogP contribution in [0, 0.1) is 6.92 Å². The molecule has 0 aliphatic heterocycles. The van der Waals surface area contributed by atoms with Crippen molar-refractivity contribution >= 4 is 35.0 Å². The van der Waals surface area contributed by atoms with Crippen LogP contribution in [0.2, 0.25) is 0 Å². The van der Waals surface area contributed by atoms with E-state index in [1.807, 2.05) is 54.6 Å². The molecule has 166 valence electrons. The monoisotopic (exact) mass is 434 g/mol. The highest BCUT2D eigenvalue weighted by atomic mass is 16.5. The molecule has 9 nitrogen and oxygen atoms in total. The zero-order chi connectivity index (χ0) is 22.9. The fourth-order valence-electron chi connectivity index (χ4n) is 3.11. The molecular formula is C23H26N6O3. The second kappa shape index (κ2) is 10.9. The van der Waals surface area contributed by atoms with Gasteiger partial charge in [-0.25, -0.2) is 4.79 Å². The van der Waals surface area contributed by atoms with Gasteiger partial charge in [0.05, 0.1) is 0 Å². The van der Waals surface area contributed by atoms with E-state index in [2.05, 4.69) is 39.6 Å². The van der Waals surface area contributed by atoms with E-state index in [-0.39, 0.29) is 5.70 Å². The van der Waals surface area contributed by atoms with Gasteiger partial charge in [-0.05, 0) is 67.1 Å². The molecule has 0 spiro atoms. The maximum atomic E-state index is 12.7. The van der Waals surface area contributed by atoms with Crippen molar-refractivity contribution in [3.63, 3.8) is 0 Å². The predicted octanol–water partition coefficient (Wildman–Crippen LogP) is 3.01. The molecule has 1 aromatic heterocycles. The number of rotatable bonds is 9. The zero-order valence-corrected chi connectivity index (χ0v) is 18.4. The van der Waals surface area contributed by atoms with E-state index in [0.717, 1.165) is 24.3 Å². The summed E-state index contributed by atoms with van der Waals surface area (Å²) in [6.45, 7) is 7.20. The number of aryl methyl sites for hydroxylation is 1. The maximum absolute atomic E-state index is 12.7. The third-order valence-corrected chi connectivity index (χ3v) is 4.78. The first-order chi connectivity index (χ1) is 15.5. The Labute approximate surface area is 186 Å². The lowest BCUT2D eigenvalue weighted by molar-refractivity contribution is -0.141. The molecule has 32 heavy (non-hydrogen) atoms. The van der Waals surface area contributed by atoms with Gasteiger partial charge in [0.15, 0.2) is 18.1 Å². The van der Waals surface area contributed by atoms with Crippen LogP contribution in [0.1, 0.15) is 25.2 Å². The van der Waals surface area contributed by atoms with Crippen LogP contribution in [0.3, 0.4) is 0 Å². The lowest BCUT2D eigenvalue weighted by atomic mass is 10.2. The van der Waals surface area contributed by atoms with Crippen LogP contribution in [0.5, 0.6) is 0 Å². The Morgan fingerprint density at radius 2 is 1.75 bits per heavy atom. The van der Waals surface area contributed by atoms with E-state index in [0.29, 0.717) is 11.5 Å². The Hall–Kier alpha value is -4.01. The first-order valence-electron chi connectivity index (χ1n) is 10.4. The molecule has 0 atom stereocenters. The molecule has 0 aliphatic carbocycles. The van der Waals surface area contributed by atoms with E-state index in [9.17, 15) is 9.59 Å². The summed E-state index contributed by atoms with van der Waals surface area (Å²) in [6, 6.07) is 16.8. The standard InChI is InChI=1S/C23H26N6O3/c1-4-28(5-2)20-13-11-19(12-14-20)24-22(30)16-32-23(31)21(29-17(3)25-26-27-29)15-18-9-7-6-8-10-18/h6-15H,4-5,16H2,1-3H3,(H,24,30)/b21-15-. The summed E-state index contributed by atoms with van der Waals surface area (Å²) in [4.78, 5) is 27.3. The van der Waals surface area contributed by atoms with Crippen molar-refractivity contribution in [2.24, 2.45) is 0 Å². The third kappa shape index (κ3) is 5.78. The van der Waals surface area contributed by atoms with E-state index in [1.165, 1.54) is 4.68 Å². The number of nitrogens with one attached hydrogen (secondary N) is 1. The van der Waals surface area contributed by atoms with Crippen LogP contribution in [-0.2, 0) is 14.3 Å². The van der Waals surface area contributed by atoms with Gasteiger partial charge in [-0.1, -0.05) is 30.3 Å². The summed E-state index contributed by atoms with van der Waals surface area (Å²) in [6.07, 6.45) is 1.61. The topological polar surface area (TPSA) is 102 Å². The van der Waals surface area contributed by atoms with E-state index in [4.69, 9.17) is 4.74 Å². The number of ether oxygens (including phenoxy) is 1. The molecule has 3 rings (SSSR count). The van der Waals surface area contributed by atoms with Crippen molar-refractivity contribution in [2.75, 3.05) is 29.9 Å². The SMILES string of the molecule is CCN(CC)c1ccc(NC(=O)COC(=O)/C(=C/c2ccccc2)n2nnnc2C)cc1. The van der Waals surface area contributed by atoms with Crippen LogP contribution in [0.25, 0.3) is 11.8 Å². The molecule has 0 radical (unpaired) electrons. The predicted molar refractivity (Wildman–Crippen MR) is 123 cm³/mol. The zero-order valence-electron chi connectivity index (χ0n) is 18.4. The quantitative estimate of drug-likeness (QED) is 0.408. The first-order valence-corrected chi connectivity index (χ1v) is 10.4. The van der Waals surface area contributed by atoms with Crippen molar-refractivity contribution in [2.45, 2.75) is 20.8 Å². The summed E-state index contributed by atoms with van der Waals surface area (Å²) in [5, 5.41) is 14.0. The number of hydrogen-bond donors (Lipinski definition) is 1. The van der Waals surface area contributed by atoms with E-state index < -0.39 is 18.5 Å². The van der Waals surface area contributed by atoms with Gasteiger partial charge in [0.2, 0.25) is 0 Å². The highest BCUT2D eigenvalue weighted by Crippen LogP contribution is 2.18. The summed E-state index contributed by atoms with van der Waals surface area (Å²) in [5.74, 6) is -0.736. The number of anilines is 2. The number of carbonyl (C=O) groups is 2. The molecular weight excluding hydrogens is 408 g/mol. The van der Waals surface area contributed by atoms with E-state index in [1.54, 1.807) is 13.0 Å². The molecule has 0 saturated heterocycles. The minimum atomic E-state index is -0.712. The molecule has 0 saturated carbocycles. The Bertz CT molecular complexity index is 1070. The second-order valence-electron chi connectivity index (χ2n) is 6.92. The van der Waals surface area contributed by atoms with Crippen LogP contribution < -0.4 is 10.2 Å². The third-order valence-electron chi connectivity index (χ3n) is 4.78. The minimum absolute atomic E-state index is 0.107. The van der Waals surface area contributed by atoms with Gasteiger partial charge in [0.25, 0.3) is 5.91 Å². The molecule has 1 heterocycles. The number of tetrazole rings is 1. The Balaban J connectivity index is 1.65. The van der Waals surface area contributed by atoms with Gasteiger partial charge < -0.3 is 15.0 Å². The average molecular weight is 435 g/mol. The first kappa shape index (κ1) is 22.7. The van der Waals surface area contributed by atoms with Crippen LogP contribution >= 0.6 is 0 Å². The second-order valence-corrected chi connectivity index (χ2v) is 6.92. The van der Waals surface area contributed by atoms with Crippen molar-refractivity contribution in [3.05, 3.63) is 66.0 Å². The molecule has 0 bridgehead atoms. The highest BCUT2D eigenvalue weighted by molar-refractivity contribution is 6.15. The number of nitrogens with zero attached hydrogens (tertiary/aromatic N) is 5. The van der Waals surface area contributed by atoms with Gasteiger partial charge in [-0.15, -0.1) is 5.10 Å². The number of hydrogen-bond acceptors (Lipinski definition) is 7. The fourth-order valence-corrected chi connectivity index (χ4v) is 3.11. The molecule has 0 aliphatic rings. The number of aromatic nitrogens is 4. The van der Waals surface area contributed by atoms with Crippen molar-refractivity contribution < 1.29 is 14.3 Å². The number of carbonyl (C=O) groups excluding carboxylic acids is 2. The summed E-state index contributed by atoms with van der Waals surface area (Å²) in [5.41, 5.74) is 2.58. The Morgan fingerprint density at radius 1 is 1.06 bits per heavy atom. The molecule has 2 aromatic carbocycles. The number of amides is 1. The molecule has 0 unspecified atom stereocenters. The van der Waals surface area contributed by atoms with Crippen LogP contribution in [0.15, 0.2) is 54.6 Å². The van der Waals surface area contributed by atoms with Gasteiger partial charge in [-0.3, -0.25) is 4.79 Å². The van der Waals surface area contributed by atoms with Gasteiger partial charge in [0.1, 0.15) is 0 Å². The minimum Gasteiger partial charge on any atom is -0.451 e. The van der Waals surface area contributed by atoms with Crippen molar-refractivity contribution in [3.8, 4) is 0 Å². The maximum Gasteiger partial charge on any atom is 0.357 e. The van der Waals surface area contributed by atoms with Gasteiger partial charge in [-0.2, -0.15) is 4.68 Å². The molecule has 1 N–H and O–H groups in total. The van der Waals surface area contributed by atoms with Crippen molar-refractivity contribution in [1.29, 1.82) is 0 Å². The summed E-state index contributed by atoms with van der Waals surface area (Å²) in [7, 11) is 0. The number of esters is 1. The van der Waals surface area contributed by atoms with Gasteiger partial charge in [0, 0.05) is 24.5 Å². The number of benzene rings is 2. The molecule has 9 heteroatoms. The molecule has 0 fully saturated rings. The summed E-state index contributed by atoms with van der Waals surface area (Å²) >= 11 is 0. The lowest BCUT2D eigenvalue weighted by Gasteiger charge is -2.21. The smallest absolute Gasteiger partial charge is 0.357 e. The summed E-state index contributed by atoms with van der Waals surface area (Å²) < 4.78 is 6.52. The largest absolute Gasteiger partial charge is 0.451 e. The van der Waals surface area contributed by atoms with Gasteiger partial charge >= 0.3 is 5.97 Å². The Kier molecular flexibility index (Phi) is 7.69. The fraction of sp³-hybridized carbons (Fsp3) is 0.261. The normalized spacial score (nSPS) is 11.2.